The van der Waals surface area contributed by atoms with Crippen LogP contribution in [-0.4, -0.2) is 30.9 Å². The molecule has 0 fully saturated rings. The highest BCUT2D eigenvalue weighted by Gasteiger charge is 2.31. The van der Waals surface area contributed by atoms with E-state index in [0.717, 1.165) is 22.3 Å². The fourth-order valence-electron chi connectivity index (χ4n) is 5.92. The van der Waals surface area contributed by atoms with Gasteiger partial charge in [-0.05, 0) is 52.9 Å². The van der Waals surface area contributed by atoms with Crippen molar-refractivity contribution in [2.24, 2.45) is 0 Å². The average molecular weight is 759 g/mol. The van der Waals surface area contributed by atoms with Gasteiger partial charge in [0, 0.05) is 11.1 Å². The lowest BCUT2D eigenvalue weighted by atomic mass is 9.97. The zero-order chi connectivity index (χ0) is 38.6. The average Bonchev–Trinajstić information content (AvgIpc) is 3.21. The zero-order valence-corrected chi connectivity index (χ0v) is 30.4. The molecule has 0 heterocycles. The molecule has 280 valence electrons. The number of hydrogen-bond donors (Lipinski definition) is 3. The Labute approximate surface area is 320 Å². The molecule has 0 spiro atoms. The summed E-state index contributed by atoms with van der Waals surface area (Å²) in [4.78, 5) is 25.6. The quantitative estimate of drug-likeness (QED) is 0.0726. The Kier molecular flexibility index (Phi) is 12.9. The van der Waals surface area contributed by atoms with Crippen LogP contribution >= 0.6 is 0 Å². The van der Waals surface area contributed by atoms with E-state index in [1.165, 1.54) is 18.2 Å². The van der Waals surface area contributed by atoms with Crippen LogP contribution in [0.1, 0.15) is 59.3 Å². The van der Waals surface area contributed by atoms with Crippen molar-refractivity contribution in [3.63, 3.8) is 0 Å². The van der Waals surface area contributed by atoms with Gasteiger partial charge in [-0.15, -0.1) is 0 Å². The smallest absolute Gasteiger partial charge is 0.339 e. The Balaban J connectivity index is 1.45. The van der Waals surface area contributed by atoms with E-state index in [0.29, 0.717) is 0 Å². The second-order valence-corrected chi connectivity index (χ2v) is 13.6. The maximum atomic E-state index is 13.5. The monoisotopic (exact) mass is 758 g/mol. The van der Waals surface area contributed by atoms with Gasteiger partial charge in [0.25, 0.3) is 0 Å². The van der Waals surface area contributed by atoms with Crippen LogP contribution in [0.25, 0.3) is 0 Å². The number of aromatic carboxylic acids is 2. The largest absolute Gasteiger partial charge is 0.489 e. The summed E-state index contributed by atoms with van der Waals surface area (Å²) < 4.78 is 49.0. The molecule has 0 saturated carbocycles. The molecule has 10 nitrogen and oxygen atoms in total. The van der Waals surface area contributed by atoms with E-state index in [4.69, 9.17) is 18.9 Å². The van der Waals surface area contributed by atoms with Gasteiger partial charge in [-0.25, -0.2) is 13.8 Å². The second-order valence-electron chi connectivity index (χ2n) is 12.5. The van der Waals surface area contributed by atoms with Gasteiger partial charge in [-0.1, -0.05) is 121 Å². The lowest BCUT2D eigenvalue weighted by Gasteiger charge is -2.23. The number of rotatable bonds is 18. The van der Waals surface area contributed by atoms with E-state index < -0.39 is 28.3 Å². The summed E-state index contributed by atoms with van der Waals surface area (Å²) in [5.74, 6) is -2.47. The predicted octanol–water partition coefficient (Wildman–Crippen LogP) is 8.90. The highest BCUT2D eigenvalue weighted by Crippen LogP contribution is 2.41. The number of ether oxygens (including phenoxy) is 4. The molecule has 0 aliphatic heterocycles. The standard InChI is InChI=1S/C44H38O10S/c45-43(46)38-24-35(51-26-30-13-5-1-6-14-30)21-34(41(38)53-28-32-17-9-3-10-18-32)22-40(55(49)50)37-23-36(52-27-31-15-7-2-8-16-31)25-39(44(47)48)42(37)54-29-33-19-11-4-12-20-33/h1-21,23-25,40H,22,26-29H2,(H,45,46)(H,47,48)(H,49,50). The van der Waals surface area contributed by atoms with Crippen molar-refractivity contribution in [3.8, 4) is 23.0 Å². The fourth-order valence-corrected chi connectivity index (χ4v) is 6.64. The van der Waals surface area contributed by atoms with Gasteiger partial charge in [0.15, 0.2) is 11.1 Å². The third-order valence-corrected chi connectivity index (χ3v) is 9.54. The Morgan fingerprint density at radius 2 is 0.873 bits per heavy atom. The van der Waals surface area contributed by atoms with Gasteiger partial charge in [0.2, 0.25) is 0 Å². The number of benzene rings is 6. The summed E-state index contributed by atoms with van der Waals surface area (Å²) in [6.45, 7) is 0.180. The molecule has 0 bridgehead atoms. The normalized spacial score (nSPS) is 11.9. The first-order valence-corrected chi connectivity index (χ1v) is 18.5. The van der Waals surface area contributed by atoms with Crippen molar-refractivity contribution in [2.75, 3.05) is 0 Å². The summed E-state index contributed by atoms with van der Waals surface area (Å²) in [5.41, 5.74) is 2.98. The highest BCUT2D eigenvalue weighted by atomic mass is 32.2. The van der Waals surface area contributed by atoms with Crippen molar-refractivity contribution in [2.45, 2.75) is 38.1 Å². The fraction of sp³-hybridized carbons (Fsp3) is 0.136. The lowest BCUT2D eigenvalue weighted by Crippen LogP contribution is -2.16. The number of carboxylic acids is 2. The van der Waals surface area contributed by atoms with Crippen molar-refractivity contribution in [1.29, 1.82) is 0 Å². The Morgan fingerprint density at radius 3 is 1.27 bits per heavy atom. The molecule has 2 unspecified atom stereocenters. The molecule has 55 heavy (non-hydrogen) atoms. The third kappa shape index (κ3) is 10.4. The summed E-state index contributed by atoms with van der Waals surface area (Å²) in [7, 11) is 0. The summed E-state index contributed by atoms with van der Waals surface area (Å²) >= 11 is -2.66. The van der Waals surface area contributed by atoms with Gasteiger partial charge in [0.1, 0.15) is 60.6 Å². The van der Waals surface area contributed by atoms with Crippen LogP contribution in [0, 0.1) is 0 Å². The maximum absolute atomic E-state index is 13.5. The Hall–Kier alpha value is -6.43. The molecular weight excluding hydrogens is 721 g/mol. The number of carbonyl (C=O) groups is 2. The van der Waals surface area contributed by atoms with Crippen molar-refractivity contribution in [1.82, 2.24) is 0 Å². The maximum Gasteiger partial charge on any atom is 0.339 e. The minimum Gasteiger partial charge on any atom is -0.489 e. The summed E-state index contributed by atoms with van der Waals surface area (Å²) in [5, 5.41) is 19.5. The van der Waals surface area contributed by atoms with E-state index in [1.807, 2.05) is 121 Å². The van der Waals surface area contributed by atoms with Gasteiger partial charge >= 0.3 is 11.9 Å². The molecule has 0 aliphatic rings. The molecule has 0 saturated heterocycles. The first-order valence-electron chi connectivity index (χ1n) is 17.3. The van der Waals surface area contributed by atoms with E-state index in [1.54, 1.807) is 6.07 Å². The number of carboxylic acid groups (broad SMARTS) is 2. The molecule has 6 aromatic rings. The predicted molar refractivity (Wildman–Crippen MR) is 207 cm³/mol. The summed E-state index contributed by atoms with van der Waals surface area (Å²) in [6, 6.07) is 42.6. The SMILES string of the molecule is O=C(O)c1cc(OCc2ccccc2)cc(CC(c2cc(OCc3ccccc3)cc(C(=O)O)c2OCc2ccccc2)S(=O)O)c1OCc1ccccc1. The van der Waals surface area contributed by atoms with Crippen LogP contribution in [0.5, 0.6) is 23.0 Å². The second kappa shape index (κ2) is 18.6. The Bertz CT molecular complexity index is 2230. The lowest BCUT2D eigenvalue weighted by molar-refractivity contribution is 0.0679. The van der Waals surface area contributed by atoms with Crippen LogP contribution in [0.15, 0.2) is 146 Å². The van der Waals surface area contributed by atoms with Gasteiger partial charge in [-0.2, -0.15) is 0 Å². The third-order valence-electron chi connectivity index (χ3n) is 8.64. The molecular formula is C44H38O10S. The van der Waals surface area contributed by atoms with Crippen molar-refractivity contribution < 1.29 is 47.5 Å². The molecule has 3 N–H and O–H groups in total. The van der Waals surface area contributed by atoms with Crippen LogP contribution in [-0.2, 0) is 43.9 Å². The van der Waals surface area contributed by atoms with E-state index >= 15 is 0 Å². The highest BCUT2D eigenvalue weighted by molar-refractivity contribution is 7.79. The summed E-state index contributed by atoms with van der Waals surface area (Å²) in [6.07, 6.45) is -0.279. The van der Waals surface area contributed by atoms with Crippen molar-refractivity contribution >= 4 is 23.0 Å². The zero-order valence-electron chi connectivity index (χ0n) is 29.6. The molecule has 0 radical (unpaired) electrons. The minimum absolute atomic E-state index is 0.00261. The molecule has 0 aromatic heterocycles. The van der Waals surface area contributed by atoms with E-state index in [2.05, 4.69) is 0 Å². The molecule has 2 atom stereocenters. The van der Waals surface area contributed by atoms with Crippen LogP contribution in [0.3, 0.4) is 0 Å². The molecule has 0 aliphatic carbocycles. The van der Waals surface area contributed by atoms with E-state index in [9.17, 15) is 28.6 Å². The van der Waals surface area contributed by atoms with Gasteiger partial charge < -0.3 is 33.7 Å². The van der Waals surface area contributed by atoms with Crippen molar-refractivity contribution in [3.05, 3.63) is 190 Å². The molecule has 6 aromatic carbocycles. The first-order chi connectivity index (χ1) is 26.7. The van der Waals surface area contributed by atoms with Gasteiger partial charge in [-0.3, -0.25) is 0 Å². The Morgan fingerprint density at radius 1 is 0.509 bits per heavy atom. The topological polar surface area (TPSA) is 149 Å². The van der Waals surface area contributed by atoms with Gasteiger partial charge in [0.05, 0.1) is 5.25 Å². The molecule has 0 amide bonds. The minimum atomic E-state index is -2.66. The number of hydrogen-bond acceptors (Lipinski definition) is 7. The van der Waals surface area contributed by atoms with E-state index in [-0.39, 0.29) is 78.1 Å². The van der Waals surface area contributed by atoms with Crippen LogP contribution in [0.2, 0.25) is 0 Å². The van der Waals surface area contributed by atoms with Crippen LogP contribution < -0.4 is 18.9 Å². The van der Waals surface area contributed by atoms with Crippen LogP contribution in [0.4, 0.5) is 0 Å². The molecule has 6 rings (SSSR count). The molecule has 11 heteroatoms. The first kappa shape index (κ1) is 38.3.